The monoisotopic (exact) mass is 207 g/mol. The predicted octanol–water partition coefficient (Wildman–Crippen LogP) is 1.97. The van der Waals surface area contributed by atoms with Crippen LogP contribution in [0.1, 0.15) is 26.3 Å². The molecule has 0 fully saturated rings. The molecule has 0 spiro atoms. The molecule has 0 aliphatic rings. The van der Waals surface area contributed by atoms with Crippen molar-refractivity contribution in [2.75, 3.05) is 0 Å². The average Bonchev–Trinajstić information content (AvgIpc) is 2.16. The summed E-state index contributed by atoms with van der Waals surface area (Å²) < 4.78 is 0. The van der Waals surface area contributed by atoms with E-state index >= 15 is 0 Å². The molecule has 3 nitrogen and oxygen atoms in total. The van der Waals surface area contributed by atoms with E-state index in [4.69, 9.17) is 5.73 Å². The van der Waals surface area contributed by atoms with Gasteiger partial charge in [0.05, 0.1) is 0 Å². The molecule has 0 aromatic heterocycles. The standard InChI is InChI=1S/C12H17NO2/c1-11(2,3)12(13,10(14)15)9-7-5-4-6-8-9/h4-8H,13H2,1-3H3,(H,14,15). The highest BCUT2D eigenvalue weighted by Crippen LogP contribution is 2.37. The second kappa shape index (κ2) is 3.66. The van der Waals surface area contributed by atoms with E-state index in [0.717, 1.165) is 0 Å². The zero-order valence-electron chi connectivity index (χ0n) is 9.32. The van der Waals surface area contributed by atoms with Crippen LogP contribution in [0.5, 0.6) is 0 Å². The lowest BCUT2D eigenvalue weighted by atomic mass is 9.70. The Kier molecular flexibility index (Phi) is 2.86. The Morgan fingerprint density at radius 2 is 1.67 bits per heavy atom. The Labute approximate surface area is 89.9 Å². The topological polar surface area (TPSA) is 63.3 Å². The maximum absolute atomic E-state index is 11.3. The number of hydrogen-bond acceptors (Lipinski definition) is 2. The van der Waals surface area contributed by atoms with Gasteiger partial charge >= 0.3 is 5.97 Å². The first-order chi connectivity index (χ1) is 6.80. The number of carbonyl (C=O) groups is 1. The summed E-state index contributed by atoms with van der Waals surface area (Å²) in [5.41, 5.74) is 4.77. The van der Waals surface area contributed by atoms with E-state index in [0.29, 0.717) is 5.56 Å². The normalized spacial score (nSPS) is 15.7. The largest absolute Gasteiger partial charge is 0.480 e. The van der Waals surface area contributed by atoms with Crippen molar-refractivity contribution in [1.29, 1.82) is 0 Å². The zero-order valence-corrected chi connectivity index (χ0v) is 9.32. The van der Waals surface area contributed by atoms with Crippen LogP contribution in [-0.2, 0) is 10.3 Å². The molecule has 0 saturated heterocycles. The molecule has 0 saturated carbocycles. The van der Waals surface area contributed by atoms with Crippen molar-refractivity contribution in [2.45, 2.75) is 26.3 Å². The summed E-state index contributed by atoms with van der Waals surface area (Å²) in [5.74, 6) is -0.999. The number of benzene rings is 1. The quantitative estimate of drug-likeness (QED) is 0.779. The number of carboxylic acid groups (broad SMARTS) is 1. The Balaban J connectivity index is 3.32. The highest BCUT2D eigenvalue weighted by atomic mass is 16.4. The molecule has 1 aromatic carbocycles. The molecule has 1 atom stereocenters. The number of nitrogens with two attached hydrogens (primary N) is 1. The molecular formula is C12H17NO2. The van der Waals surface area contributed by atoms with Crippen molar-refractivity contribution in [2.24, 2.45) is 11.1 Å². The van der Waals surface area contributed by atoms with Gasteiger partial charge in [0.15, 0.2) is 0 Å². The summed E-state index contributed by atoms with van der Waals surface area (Å²) in [5, 5.41) is 9.30. The fraction of sp³-hybridized carbons (Fsp3) is 0.417. The highest BCUT2D eigenvalue weighted by Gasteiger charge is 2.46. The van der Waals surface area contributed by atoms with Gasteiger partial charge in [-0.3, -0.25) is 0 Å². The number of rotatable bonds is 2. The lowest BCUT2D eigenvalue weighted by Crippen LogP contribution is -2.54. The van der Waals surface area contributed by atoms with E-state index in [1.54, 1.807) is 24.3 Å². The van der Waals surface area contributed by atoms with Crippen molar-refractivity contribution in [3.05, 3.63) is 35.9 Å². The van der Waals surface area contributed by atoms with Gasteiger partial charge in [0.1, 0.15) is 5.54 Å². The van der Waals surface area contributed by atoms with Gasteiger partial charge in [0.2, 0.25) is 0 Å². The third-order valence-electron chi connectivity index (χ3n) is 2.75. The fourth-order valence-corrected chi connectivity index (χ4v) is 1.58. The minimum atomic E-state index is -1.35. The van der Waals surface area contributed by atoms with Gasteiger partial charge in [-0.15, -0.1) is 0 Å². The summed E-state index contributed by atoms with van der Waals surface area (Å²) in [6.07, 6.45) is 0. The lowest BCUT2D eigenvalue weighted by molar-refractivity contribution is -0.148. The van der Waals surface area contributed by atoms with Crippen LogP contribution in [0, 0.1) is 5.41 Å². The zero-order chi connectivity index (χ0) is 11.7. The average molecular weight is 207 g/mol. The Morgan fingerprint density at radius 3 is 2.00 bits per heavy atom. The van der Waals surface area contributed by atoms with Gasteiger partial charge in [0, 0.05) is 0 Å². The third-order valence-corrected chi connectivity index (χ3v) is 2.75. The summed E-state index contributed by atoms with van der Waals surface area (Å²) >= 11 is 0. The number of aliphatic carboxylic acids is 1. The second-order valence-electron chi connectivity index (χ2n) is 4.73. The lowest BCUT2D eigenvalue weighted by Gasteiger charge is -2.38. The van der Waals surface area contributed by atoms with Gasteiger partial charge in [-0.05, 0) is 11.0 Å². The SMILES string of the molecule is CC(C)(C)C(N)(C(=O)O)c1ccccc1. The van der Waals surface area contributed by atoms with E-state index in [2.05, 4.69) is 0 Å². The van der Waals surface area contributed by atoms with Crippen LogP contribution in [0.25, 0.3) is 0 Å². The molecule has 0 amide bonds. The van der Waals surface area contributed by atoms with Gasteiger partial charge < -0.3 is 10.8 Å². The van der Waals surface area contributed by atoms with Crippen LogP contribution in [0.4, 0.5) is 0 Å². The first-order valence-corrected chi connectivity index (χ1v) is 4.88. The first kappa shape index (κ1) is 11.7. The molecule has 0 radical (unpaired) electrons. The van der Waals surface area contributed by atoms with Crippen molar-refractivity contribution in [1.82, 2.24) is 0 Å². The number of hydrogen-bond donors (Lipinski definition) is 2. The maximum Gasteiger partial charge on any atom is 0.328 e. The minimum Gasteiger partial charge on any atom is -0.480 e. The van der Waals surface area contributed by atoms with Gasteiger partial charge in [-0.1, -0.05) is 51.1 Å². The maximum atomic E-state index is 11.3. The van der Waals surface area contributed by atoms with Gasteiger partial charge in [-0.25, -0.2) is 4.79 Å². The van der Waals surface area contributed by atoms with Crippen LogP contribution < -0.4 is 5.73 Å². The van der Waals surface area contributed by atoms with E-state index < -0.39 is 16.9 Å². The molecular weight excluding hydrogens is 190 g/mol. The Hall–Kier alpha value is -1.35. The number of carboxylic acids is 1. The molecule has 1 unspecified atom stereocenters. The molecule has 3 heteroatoms. The first-order valence-electron chi connectivity index (χ1n) is 4.88. The summed E-state index contributed by atoms with van der Waals surface area (Å²) in [6, 6.07) is 8.93. The van der Waals surface area contributed by atoms with E-state index in [-0.39, 0.29) is 0 Å². The van der Waals surface area contributed by atoms with Crippen molar-refractivity contribution in [3.8, 4) is 0 Å². The third kappa shape index (κ3) is 1.88. The highest BCUT2D eigenvalue weighted by molar-refractivity contribution is 5.81. The van der Waals surface area contributed by atoms with Crippen LogP contribution in [0.3, 0.4) is 0 Å². The van der Waals surface area contributed by atoms with Crippen molar-refractivity contribution >= 4 is 5.97 Å². The fourth-order valence-electron chi connectivity index (χ4n) is 1.58. The van der Waals surface area contributed by atoms with Gasteiger partial charge in [-0.2, -0.15) is 0 Å². The molecule has 0 heterocycles. The minimum absolute atomic E-state index is 0.541. The summed E-state index contributed by atoms with van der Waals surface area (Å²) in [4.78, 5) is 11.3. The van der Waals surface area contributed by atoms with E-state index in [1.807, 2.05) is 26.8 Å². The smallest absolute Gasteiger partial charge is 0.328 e. The Bertz CT molecular complexity index is 354. The van der Waals surface area contributed by atoms with Gasteiger partial charge in [0.25, 0.3) is 0 Å². The molecule has 15 heavy (non-hydrogen) atoms. The van der Waals surface area contributed by atoms with Crippen LogP contribution in [0.2, 0.25) is 0 Å². The van der Waals surface area contributed by atoms with Crippen LogP contribution in [-0.4, -0.2) is 11.1 Å². The predicted molar refractivity (Wildman–Crippen MR) is 59.4 cm³/mol. The van der Waals surface area contributed by atoms with Crippen LogP contribution >= 0.6 is 0 Å². The summed E-state index contributed by atoms with van der Waals surface area (Å²) in [7, 11) is 0. The molecule has 0 aliphatic heterocycles. The van der Waals surface area contributed by atoms with E-state index in [1.165, 1.54) is 0 Å². The molecule has 3 N–H and O–H groups in total. The molecule has 0 aliphatic carbocycles. The molecule has 0 bridgehead atoms. The van der Waals surface area contributed by atoms with Crippen molar-refractivity contribution < 1.29 is 9.90 Å². The molecule has 1 rings (SSSR count). The molecule has 1 aromatic rings. The molecule has 82 valence electrons. The van der Waals surface area contributed by atoms with Crippen molar-refractivity contribution in [3.63, 3.8) is 0 Å². The van der Waals surface area contributed by atoms with Crippen LogP contribution in [0.15, 0.2) is 30.3 Å². The Morgan fingerprint density at radius 1 is 1.20 bits per heavy atom. The summed E-state index contributed by atoms with van der Waals surface area (Å²) in [6.45, 7) is 5.48. The van der Waals surface area contributed by atoms with E-state index in [9.17, 15) is 9.90 Å². The second-order valence-corrected chi connectivity index (χ2v) is 4.73.